The normalized spacial score (nSPS) is 16.4. The highest BCUT2D eigenvalue weighted by Gasteiger charge is 2.41. The third-order valence-electron chi connectivity index (χ3n) is 4.24. The fraction of sp³-hybridized carbons (Fsp3) is 0.529. The highest BCUT2D eigenvalue weighted by Crippen LogP contribution is 2.36. The summed E-state index contributed by atoms with van der Waals surface area (Å²) in [5.74, 6) is 0.301. The number of nitrogens with zero attached hydrogens (tertiary/aromatic N) is 2. The van der Waals surface area contributed by atoms with E-state index in [-0.39, 0.29) is 27.4 Å². The van der Waals surface area contributed by atoms with Crippen molar-refractivity contribution < 1.29 is 13.2 Å². The second-order valence-electron chi connectivity index (χ2n) is 7.31. The van der Waals surface area contributed by atoms with Crippen molar-refractivity contribution in [1.82, 2.24) is 14.3 Å². The zero-order valence-corrected chi connectivity index (χ0v) is 15.7. The minimum Gasteiger partial charge on any atom is -0.464 e. The molecule has 1 heterocycles. The predicted octanol–water partition coefficient (Wildman–Crippen LogP) is 1.80. The highest BCUT2D eigenvalue weighted by atomic mass is 32.2. The molecule has 1 fully saturated rings. The molecule has 0 saturated heterocycles. The molecule has 8 heteroatoms. The molecule has 0 aliphatic heterocycles. The van der Waals surface area contributed by atoms with E-state index in [0.717, 1.165) is 12.8 Å². The van der Waals surface area contributed by atoms with Crippen molar-refractivity contribution in [1.29, 1.82) is 0 Å². The summed E-state index contributed by atoms with van der Waals surface area (Å²) in [5, 5.41) is 0.253. The molecule has 7 nitrogen and oxygen atoms in total. The second kappa shape index (κ2) is 6.10. The molecule has 1 aliphatic rings. The van der Waals surface area contributed by atoms with Crippen LogP contribution in [0.4, 0.5) is 0 Å². The van der Waals surface area contributed by atoms with Crippen LogP contribution in [-0.2, 0) is 17.1 Å². The van der Waals surface area contributed by atoms with Crippen molar-refractivity contribution in [2.45, 2.75) is 44.0 Å². The van der Waals surface area contributed by atoms with Crippen LogP contribution in [0.3, 0.4) is 0 Å². The first-order valence-corrected chi connectivity index (χ1v) is 9.77. The molecule has 1 aromatic heterocycles. The zero-order valence-electron chi connectivity index (χ0n) is 14.9. The molecule has 2 aromatic rings. The molecule has 136 valence electrons. The van der Waals surface area contributed by atoms with E-state index in [0.29, 0.717) is 18.0 Å². The van der Waals surface area contributed by atoms with Gasteiger partial charge in [0.15, 0.2) is 0 Å². The van der Waals surface area contributed by atoms with Crippen LogP contribution < -0.4 is 15.0 Å². The first kappa shape index (κ1) is 17.9. The maximum Gasteiger partial charge on any atom is 0.299 e. The Kier molecular flexibility index (Phi) is 4.36. The van der Waals surface area contributed by atoms with E-state index in [9.17, 15) is 13.2 Å². The fourth-order valence-electron chi connectivity index (χ4n) is 2.44. The lowest BCUT2D eigenvalue weighted by Gasteiger charge is -2.14. The van der Waals surface area contributed by atoms with E-state index in [1.54, 1.807) is 13.1 Å². The van der Waals surface area contributed by atoms with Gasteiger partial charge in [-0.15, -0.1) is 0 Å². The number of rotatable bonds is 6. The molecule has 0 atom stereocenters. The van der Waals surface area contributed by atoms with Gasteiger partial charge in [-0.3, -0.25) is 9.36 Å². The summed E-state index contributed by atoms with van der Waals surface area (Å²) in [5.41, 5.74) is -0.289. The SMILES string of the molecule is CC(C)COc1nc2ccc(S(=O)(=O)NC3(C)CC3)cc2c(=O)n1C. The molecule has 25 heavy (non-hydrogen) atoms. The van der Waals surface area contributed by atoms with Gasteiger partial charge in [0.25, 0.3) is 11.6 Å². The summed E-state index contributed by atoms with van der Waals surface area (Å²) < 4.78 is 34.6. The summed E-state index contributed by atoms with van der Waals surface area (Å²) >= 11 is 0. The van der Waals surface area contributed by atoms with Crippen LogP contribution >= 0.6 is 0 Å². The monoisotopic (exact) mass is 365 g/mol. The van der Waals surface area contributed by atoms with Crippen LogP contribution in [0.25, 0.3) is 10.9 Å². The van der Waals surface area contributed by atoms with Crippen LogP contribution in [0.15, 0.2) is 27.9 Å². The molecule has 1 N–H and O–H groups in total. The summed E-state index contributed by atoms with van der Waals surface area (Å²) in [6.45, 7) is 6.32. The third kappa shape index (κ3) is 3.69. The Morgan fingerprint density at radius 1 is 1.36 bits per heavy atom. The van der Waals surface area contributed by atoms with E-state index in [1.165, 1.54) is 16.7 Å². The van der Waals surface area contributed by atoms with Crippen LogP contribution in [0.2, 0.25) is 0 Å². The summed E-state index contributed by atoms with van der Waals surface area (Å²) in [6, 6.07) is 4.62. The first-order valence-electron chi connectivity index (χ1n) is 8.29. The van der Waals surface area contributed by atoms with Gasteiger partial charge in [-0.1, -0.05) is 13.8 Å². The quantitative estimate of drug-likeness (QED) is 0.843. The van der Waals surface area contributed by atoms with Crippen LogP contribution in [0.1, 0.15) is 33.6 Å². The average Bonchev–Trinajstić information content (AvgIpc) is 3.25. The van der Waals surface area contributed by atoms with E-state index in [2.05, 4.69) is 9.71 Å². The molecule has 0 radical (unpaired) electrons. The number of hydrogen-bond acceptors (Lipinski definition) is 5. The smallest absolute Gasteiger partial charge is 0.299 e. The number of benzene rings is 1. The molecular formula is C17H23N3O4S. The van der Waals surface area contributed by atoms with Gasteiger partial charge in [0.05, 0.1) is 22.4 Å². The minimum absolute atomic E-state index is 0.0721. The largest absolute Gasteiger partial charge is 0.464 e. The summed E-state index contributed by atoms with van der Waals surface area (Å²) in [7, 11) is -2.10. The van der Waals surface area contributed by atoms with Gasteiger partial charge < -0.3 is 4.74 Å². The van der Waals surface area contributed by atoms with Gasteiger partial charge in [0.1, 0.15) is 0 Å². The lowest BCUT2D eigenvalue weighted by atomic mass is 10.2. The summed E-state index contributed by atoms with van der Waals surface area (Å²) in [6.07, 6.45) is 1.64. The van der Waals surface area contributed by atoms with Crippen molar-refractivity contribution in [2.75, 3.05) is 6.61 Å². The third-order valence-corrected chi connectivity index (χ3v) is 5.88. The topological polar surface area (TPSA) is 90.3 Å². The Balaban J connectivity index is 2.02. The number of ether oxygens (including phenoxy) is 1. The average molecular weight is 365 g/mol. The van der Waals surface area contributed by atoms with Gasteiger partial charge in [0.2, 0.25) is 10.0 Å². The number of aromatic nitrogens is 2. The van der Waals surface area contributed by atoms with E-state index < -0.39 is 10.0 Å². The van der Waals surface area contributed by atoms with Crippen molar-refractivity contribution in [2.24, 2.45) is 13.0 Å². The first-order chi connectivity index (χ1) is 11.6. The summed E-state index contributed by atoms with van der Waals surface area (Å²) in [4.78, 5) is 17.0. The Bertz CT molecular complexity index is 975. The molecule has 3 rings (SSSR count). The van der Waals surface area contributed by atoms with Gasteiger partial charge >= 0.3 is 0 Å². The van der Waals surface area contributed by atoms with E-state index >= 15 is 0 Å². The zero-order chi connectivity index (χ0) is 18.4. The Morgan fingerprint density at radius 2 is 2.04 bits per heavy atom. The standard InChI is InChI=1S/C17H23N3O4S/c1-11(2)10-24-16-18-14-6-5-12(9-13(14)15(21)20(16)4)25(22,23)19-17(3)7-8-17/h5-6,9,11,19H,7-8,10H2,1-4H3. The van der Waals surface area contributed by atoms with Gasteiger partial charge in [-0.25, -0.2) is 13.1 Å². The molecule has 0 amide bonds. The number of fused-ring (bicyclic) bond motifs is 1. The Hall–Kier alpha value is -1.93. The van der Waals surface area contributed by atoms with Crippen molar-refractivity contribution in [3.8, 4) is 6.01 Å². The second-order valence-corrected chi connectivity index (χ2v) is 8.99. The fourth-order valence-corrected chi connectivity index (χ4v) is 3.93. The van der Waals surface area contributed by atoms with Gasteiger partial charge in [-0.2, -0.15) is 4.98 Å². The lowest BCUT2D eigenvalue weighted by molar-refractivity contribution is 0.240. The van der Waals surface area contributed by atoms with Gasteiger partial charge in [-0.05, 0) is 43.9 Å². The molecule has 1 aliphatic carbocycles. The van der Waals surface area contributed by atoms with E-state index in [1.807, 2.05) is 20.8 Å². The van der Waals surface area contributed by atoms with Crippen molar-refractivity contribution in [3.63, 3.8) is 0 Å². The highest BCUT2D eigenvalue weighted by molar-refractivity contribution is 7.89. The Morgan fingerprint density at radius 3 is 2.64 bits per heavy atom. The van der Waals surface area contributed by atoms with Crippen molar-refractivity contribution in [3.05, 3.63) is 28.6 Å². The van der Waals surface area contributed by atoms with Crippen LogP contribution in [0.5, 0.6) is 6.01 Å². The maximum atomic E-state index is 12.6. The molecule has 0 unspecified atom stereocenters. The van der Waals surface area contributed by atoms with Crippen LogP contribution in [0, 0.1) is 5.92 Å². The number of nitrogens with one attached hydrogen (secondary N) is 1. The minimum atomic E-state index is -3.67. The molecular weight excluding hydrogens is 342 g/mol. The number of sulfonamides is 1. The van der Waals surface area contributed by atoms with Crippen molar-refractivity contribution >= 4 is 20.9 Å². The molecule has 1 saturated carbocycles. The van der Waals surface area contributed by atoms with Crippen LogP contribution in [-0.4, -0.2) is 30.1 Å². The molecule has 0 bridgehead atoms. The number of hydrogen-bond donors (Lipinski definition) is 1. The molecule has 0 spiro atoms. The van der Waals surface area contributed by atoms with E-state index in [4.69, 9.17) is 4.74 Å². The predicted molar refractivity (Wildman–Crippen MR) is 95.3 cm³/mol. The van der Waals surface area contributed by atoms with Gasteiger partial charge in [0, 0.05) is 12.6 Å². The molecule has 1 aromatic carbocycles. The Labute approximate surface area is 147 Å². The lowest BCUT2D eigenvalue weighted by Crippen LogP contribution is -2.34. The maximum absolute atomic E-state index is 12.6.